The van der Waals surface area contributed by atoms with Gasteiger partial charge in [-0.25, -0.2) is 8.42 Å². The van der Waals surface area contributed by atoms with Crippen LogP contribution in [0.3, 0.4) is 0 Å². The van der Waals surface area contributed by atoms with Crippen molar-refractivity contribution < 1.29 is 17.9 Å². The Morgan fingerprint density at radius 3 is 2.15 bits per heavy atom. The summed E-state index contributed by atoms with van der Waals surface area (Å²) in [4.78, 5) is 0. The van der Waals surface area contributed by atoms with Crippen molar-refractivity contribution in [3.8, 4) is 11.5 Å². The highest BCUT2D eigenvalue weighted by Gasteiger charge is 2.09. The second-order valence-corrected chi connectivity index (χ2v) is 7.57. The second-order valence-electron chi connectivity index (χ2n) is 4.68. The number of hydrogen-bond acceptors (Lipinski definition) is 4. The van der Waals surface area contributed by atoms with Crippen molar-refractivity contribution >= 4 is 19.7 Å². The lowest BCUT2D eigenvalue weighted by atomic mass is 10.1. The lowest BCUT2D eigenvalue weighted by Gasteiger charge is -2.12. The quantitative estimate of drug-likeness (QED) is 0.654. The first-order chi connectivity index (χ1) is 9.40. The SMILES string of the molecule is CCOc1ccc(OCCC(C)CCS(=O)(=O)Cl)cc1. The standard InChI is InChI=1S/C14H21ClO4S/c1-3-18-13-4-6-14(7-5-13)19-10-8-12(2)9-11-20(15,16)17/h4-7,12H,3,8-11H2,1-2H3. The van der Waals surface area contributed by atoms with Crippen LogP contribution >= 0.6 is 10.7 Å². The van der Waals surface area contributed by atoms with Gasteiger partial charge in [-0.2, -0.15) is 0 Å². The van der Waals surface area contributed by atoms with E-state index in [9.17, 15) is 8.42 Å². The molecule has 1 rings (SSSR count). The zero-order valence-corrected chi connectivity index (χ0v) is 13.4. The third-order valence-electron chi connectivity index (χ3n) is 2.87. The molecule has 0 N–H and O–H groups in total. The second kappa shape index (κ2) is 8.37. The number of benzene rings is 1. The van der Waals surface area contributed by atoms with Crippen LogP contribution in [0, 0.1) is 5.92 Å². The molecule has 0 saturated heterocycles. The molecule has 0 radical (unpaired) electrons. The van der Waals surface area contributed by atoms with E-state index >= 15 is 0 Å². The average Bonchev–Trinajstić information content (AvgIpc) is 2.38. The normalized spacial score (nSPS) is 12.9. The Labute approximate surface area is 125 Å². The Bertz CT molecular complexity index is 484. The molecule has 0 aromatic heterocycles. The third kappa shape index (κ3) is 7.60. The van der Waals surface area contributed by atoms with Crippen molar-refractivity contribution in [2.24, 2.45) is 5.92 Å². The fraction of sp³-hybridized carbons (Fsp3) is 0.571. The molecule has 1 unspecified atom stereocenters. The molecule has 20 heavy (non-hydrogen) atoms. The third-order valence-corrected chi connectivity index (χ3v) is 4.05. The highest BCUT2D eigenvalue weighted by atomic mass is 35.7. The molecule has 0 heterocycles. The largest absolute Gasteiger partial charge is 0.494 e. The van der Waals surface area contributed by atoms with E-state index in [-0.39, 0.29) is 11.7 Å². The Kier molecular flexibility index (Phi) is 7.16. The smallest absolute Gasteiger partial charge is 0.232 e. The van der Waals surface area contributed by atoms with E-state index in [2.05, 4.69) is 0 Å². The minimum Gasteiger partial charge on any atom is -0.494 e. The lowest BCUT2D eigenvalue weighted by molar-refractivity contribution is 0.281. The molecule has 1 aromatic carbocycles. The van der Waals surface area contributed by atoms with Crippen molar-refractivity contribution in [2.45, 2.75) is 26.7 Å². The van der Waals surface area contributed by atoms with Crippen LogP contribution in [-0.4, -0.2) is 27.4 Å². The molecule has 1 atom stereocenters. The topological polar surface area (TPSA) is 52.6 Å². The Morgan fingerprint density at radius 2 is 1.65 bits per heavy atom. The number of halogens is 1. The Hall–Kier alpha value is -0.940. The van der Waals surface area contributed by atoms with Crippen LogP contribution in [-0.2, 0) is 9.05 Å². The van der Waals surface area contributed by atoms with E-state index < -0.39 is 9.05 Å². The van der Waals surface area contributed by atoms with E-state index in [0.717, 1.165) is 17.9 Å². The lowest BCUT2D eigenvalue weighted by Crippen LogP contribution is -2.08. The fourth-order valence-corrected chi connectivity index (χ4v) is 2.61. The van der Waals surface area contributed by atoms with Crippen molar-refractivity contribution in [2.75, 3.05) is 19.0 Å². The molecule has 1 aromatic rings. The Morgan fingerprint density at radius 1 is 1.10 bits per heavy atom. The van der Waals surface area contributed by atoms with E-state index in [4.69, 9.17) is 20.2 Å². The van der Waals surface area contributed by atoms with Crippen LogP contribution in [0.4, 0.5) is 0 Å². The summed E-state index contributed by atoms with van der Waals surface area (Å²) >= 11 is 0. The molecule has 0 fully saturated rings. The van der Waals surface area contributed by atoms with Crippen molar-refractivity contribution in [3.63, 3.8) is 0 Å². The molecule has 0 amide bonds. The molecule has 0 aliphatic rings. The first kappa shape index (κ1) is 17.1. The van der Waals surface area contributed by atoms with Gasteiger partial charge in [-0.05, 0) is 49.9 Å². The summed E-state index contributed by atoms with van der Waals surface area (Å²) in [6.45, 7) is 5.12. The molecule has 0 spiro atoms. The van der Waals surface area contributed by atoms with Gasteiger partial charge in [-0.15, -0.1) is 0 Å². The van der Waals surface area contributed by atoms with Gasteiger partial charge in [-0.1, -0.05) is 6.92 Å². The van der Waals surface area contributed by atoms with Crippen LogP contribution in [0.2, 0.25) is 0 Å². The van der Waals surface area contributed by atoms with E-state index in [0.29, 0.717) is 19.6 Å². The summed E-state index contributed by atoms with van der Waals surface area (Å²) in [5.41, 5.74) is 0. The monoisotopic (exact) mass is 320 g/mol. The van der Waals surface area contributed by atoms with Crippen molar-refractivity contribution in [1.82, 2.24) is 0 Å². The fourth-order valence-electron chi connectivity index (χ4n) is 1.66. The maximum absolute atomic E-state index is 10.8. The zero-order valence-electron chi connectivity index (χ0n) is 11.8. The van der Waals surface area contributed by atoms with E-state index in [1.165, 1.54) is 0 Å². The summed E-state index contributed by atoms with van der Waals surface area (Å²) < 4.78 is 32.6. The van der Waals surface area contributed by atoms with Crippen LogP contribution in [0.1, 0.15) is 26.7 Å². The van der Waals surface area contributed by atoms with Gasteiger partial charge in [0.15, 0.2) is 0 Å². The summed E-state index contributed by atoms with van der Waals surface area (Å²) in [7, 11) is 1.79. The van der Waals surface area contributed by atoms with Gasteiger partial charge in [0.05, 0.1) is 19.0 Å². The molecular weight excluding hydrogens is 300 g/mol. The molecule has 114 valence electrons. The van der Waals surface area contributed by atoms with Gasteiger partial charge in [0, 0.05) is 10.7 Å². The molecule has 0 aliphatic carbocycles. The predicted molar refractivity (Wildman–Crippen MR) is 81.1 cm³/mol. The first-order valence-corrected chi connectivity index (χ1v) is 9.16. The van der Waals surface area contributed by atoms with Crippen molar-refractivity contribution in [3.05, 3.63) is 24.3 Å². The van der Waals surface area contributed by atoms with Gasteiger partial charge >= 0.3 is 0 Å². The van der Waals surface area contributed by atoms with Gasteiger partial charge in [0.25, 0.3) is 0 Å². The minimum absolute atomic E-state index is 0.0127. The molecule has 4 nitrogen and oxygen atoms in total. The molecule has 0 saturated carbocycles. The van der Waals surface area contributed by atoms with Crippen LogP contribution < -0.4 is 9.47 Å². The van der Waals surface area contributed by atoms with Gasteiger partial charge in [0.1, 0.15) is 11.5 Å². The van der Waals surface area contributed by atoms with Crippen molar-refractivity contribution in [1.29, 1.82) is 0 Å². The maximum atomic E-state index is 10.8. The summed E-state index contributed by atoms with van der Waals surface area (Å²) in [5, 5.41) is 0. The van der Waals surface area contributed by atoms with Crippen LogP contribution in [0.5, 0.6) is 11.5 Å². The van der Waals surface area contributed by atoms with Gasteiger partial charge < -0.3 is 9.47 Å². The van der Waals surface area contributed by atoms with E-state index in [1.54, 1.807) is 0 Å². The van der Waals surface area contributed by atoms with E-state index in [1.807, 2.05) is 38.1 Å². The summed E-state index contributed by atoms with van der Waals surface area (Å²) in [6.07, 6.45) is 1.35. The Balaban J connectivity index is 2.26. The summed E-state index contributed by atoms with van der Waals surface area (Å²) in [6, 6.07) is 7.45. The van der Waals surface area contributed by atoms with Crippen LogP contribution in [0.25, 0.3) is 0 Å². The highest BCUT2D eigenvalue weighted by Crippen LogP contribution is 2.18. The number of ether oxygens (including phenoxy) is 2. The summed E-state index contributed by atoms with van der Waals surface area (Å²) in [5.74, 6) is 1.87. The zero-order chi connectivity index (χ0) is 15.0. The molecule has 6 heteroatoms. The highest BCUT2D eigenvalue weighted by molar-refractivity contribution is 8.13. The minimum atomic E-state index is -3.39. The molecule has 0 aliphatic heterocycles. The maximum Gasteiger partial charge on any atom is 0.232 e. The number of hydrogen-bond donors (Lipinski definition) is 0. The van der Waals surface area contributed by atoms with Crippen LogP contribution in [0.15, 0.2) is 24.3 Å². The molecule has 0 bridgehead atoms. The molecular formula is C14H21ClO4S. The average molecular weight is 321 g/mol. The first-order valence-electron chi connectivity index (χ1n) is 6.68. The number of rotatable bonds is 9. The van der Waals surface area contributed by atoms with Gasteiger partial charge in [-0.3, -0.25) is 0 Å². The predicted octanol–water partition coefficient (Wildman–Crippen LogP) is 3.45. The van der Waals surface area contributed by atoms with Gasteiger partial charge in [0.2, 0.25) is 9.05 Å².